The monoisotopic (exact) mass is 345 g/mol. The van der Waals surface area contributed by atoms with Gasteiger partial charge >= 0.3 is 5.17 Å². The zero-order chi connectivity index (χ0) is 13.1. The molecule has 1 atom stereocenters. The van der Waals surface area contributed by atoms with E-state index in [1.165, 1.54) is 11.8 Å². The second kappa shape index (κ2) is 6.81. The van der Waals surface area contributed by atoms with E-state index in [0.29, 0.717) is 6.54 Å². The van der Waals surface area contributed by atoms with E-state index in [0.717, 1.165) is 17.9 Å². The quantitative estimate of drug-likeness (QED) is 0.442. The highest BCUT2D eigenvalue weighted by Crippen LogP contribution is 2.28. The zero-order valence-corrected chi connectivity index (χ0v) is 12.9. The fourth-order valence-electron chi connectivity index (χ4n) is 1.95. The minimum absolute atomic E-state index is 0. The van der Waals surface area contributed by atoms with Crippen LogP contribution in [-0.2, 0) is 4.79 Å². The number of rotatable bonds is 3. The summed E-state index contributed by atoms with van der Waals surface area (Å²) in [6.07, 6.45) is 0.757. The van der Waals surface area contributed by atoms with Gasteiger partial charge in [0.15, 0.2) is 0 Å². The van der Waals surface area contributed by atoms with E-state index in [-0.39, 0.29) is 33.3 Å². The second-order valence-electron chi connectivity index (χ2n) is 3.99. The van der Waals surface area contributed by atoms with E-state index in [1.54, 1.807) is 12.0 Å². The van der Waals surface area contributed by atoms with Gasteiger partial charge in [0.1, 0.15) is 5.75 Å². The molecule has 1 fully saturated rings. The number of carbonyl (C=O) groups is 1. The number of amides is 1. The molecule has 1 unspecified atom stereocenters. The Balaban J connectivity index is 0.00000180. The number of nitrogens with zero attached hydrogens (tertiary/aromatic N) is 1. The maximum Gasteiger partial charge on any atom is 0.300 e. The average molecular weight is 346 g/mol. The fraction of sp³-hybridized carbons (Fsp3) is 0.333. The highest BCUT2D eigenvalue weighted by Gasteiger charge is 2.34. The lowest BCUT2D eigenvalue weighted by molar-refractivity contribution is -0.117. The molecule has 1 aliphatic heterocycles. The van der Waals surface area contributed by atoms with E-state index in [2.05, 4.69) is 0 Å². The highest BCUT2D eigenvalue weighted by molar-refractivity contribution is 8.14. The molecule has 0 aromatic heterocycles. The van der Waals surface area contributed by atoms with Crippen molar-refractivity contribution in [3.8, 4) is 5.75 Å². The van der Waals surface area contributed by atoms with Crippen LogP contribution >= 0.6 is 11.8 Å². The summed E-state index contributed by atoms with van der Waals surface area (Å²) < 4.78 is 5.09. The number of nitrogens with two attached hydrogens (primary N) is 2. The predicted molar refractivity (Wildman–Crippen MR) is 72.5 cm³/mol. The van der Waals surface area contributed by atoms with Gasteiger partial charge in [0.25, 0.3) is 0 Å². The van der Waals surface area contributed by atoms with Crippen molar-refractivity contribution in [2.45, 2.75) is 11.7 Å². The molecule has 0 bridgehead atoms. The van der Waals surface area contributed by atoms with E-state index in [1.807, 2.05) is 24.3 Å². The lowest BCUT2D eigenvalue weighted by Crippen LogP contribution is -3.00. The Kier molecular flexibility index (Phi) is 5.68. The molecule has 2 rings (SSSR count). The SMILES string of the molecule is COc1ccc(N2CCC(SC(N)=[NH2+])C2=O)cc1.[Br-]. The van der Waals surface area contributed by atoms with Crippen molar-refractivity contribution in [2.75, 3.05) is 18.6 Å². The van der Waals surface area contributed by atoms with Crippen LogP contribution in [-0.4, -0.2) is 30.0 Å². The molecule has 19 heavy (non-hydrogen) atoms. The van der Waals surface area contributed by atoms with Gasteiger partial charge in [0.05, 0.1) is 12.4 Å². The number of methoxy groups -OCH3 is 1. The first-order valence-electron chi connectivity index (χ1n) is 5.62. The molecule has 0 aliphatic carbocycles. The Bertz CT molecular complexity index is 467. The van der Waals surface area contributed by atoms with Crippen LogP contribution in [0.3, 0.4) is 0 Å². The molecule has 1 aromatic carbocycles. The van der Waals surface area contributed by atoms with Gasteiger partial charge in [-0.15, -0.1) is 0 Å². The van der Waals surface area contributed by atoms with Crippen LogP contribution in [0.5, 0.6) is 5.75 Å². The van der Waals surface area contributed by atoms with Crippen LogP contribution in [0, 0.1) is 0 Å². The maximum atomic E-state index is 12.1. The number of thioether (sulfide) groups is 1. The number of halogens is 1. The number of hydrogen-bond acceptors (Lipinski definition) is 3. The Morgan fingerprint density at radius 2 is 2.11 bits per heavy atom. The summed E-state index contributed by atoms with van der Waals surface area (Å²) in [6, 6.07) is 7.43. The van der Waals surface area contributed by atoms with Crippen LogP contribution in [0.15, 0.2) is 24.3 Å². The van der Waals surface area contributed by atoms with Gasteiger partial charge in [-0.25, -0.2) is 0 Å². The Labute approximate surface area is 126 Å². The summed E-state index contributed by atoms with van der Waals surface area (Å²) >= 11 is 1.23. The van der Waals surface area contributed by atoms with E-state index >= 15 is 0 Å². The van der Waals surface area contributed by atoms with Gasteiger partial charge in [-0.05, 0) is 42.4 Å². The fourth-order valence-corrected chi connectivity index (χ4v) is 2.73. The minimum atomic E-state index is -0.169. The molecule has 0 spiro atoms. The normalized spacial score (nSPS) is 18.1. The second-order valence-corrected chi connectivity index (χ2v) is 5.26. The third kappa shape index (κ3) is 3.63. The average Bonchev–Trinajstić information content (AvgIpc) is 2.71. The van der Waals surface area contributed by atoms with Crippen molar-refractivity contribution < 1.29 is 31.9 Å². The van der Waals surface area contributed by atoms with Gasteiger partial charge in [-0.3, -0.25) is 15.9 Å². The first kappa shape index (κ1) is 15.8. The molecule has 1 heterocycles. The summed E-state index contributed by atoms with van der Waals surface area (Å²) in [5.74, 6) is 0.828. The van der Waals surface area contributed by atoms with Crippen molar-refractivity contribution in [3.05, 3.63) is 24.3 Å². The lowest BCUT2D eigenvalue weighted by Gasteiger charge is -2.16. The summed E-state index contributed by atoms with van der Waals surface area (Å²) in [7, 11) is 1.61. The summed E-state index contributed by atoms with van der Waals surface area (Å²) in [5.41, 5.74) is 6.30. The number of carbonyl (C=O) groups excluding carboxylic acids is 1. The van der Waals surface area contributed by atoms with E-state index in [9.17, 15) is 4.79 Å². The molecule has 1 saturated heterocycles. The van der Waals surface area contributed by atoms with Crippen molar-refractivity contribution in [2.24, 2.45) is 5.73 Å². The summed E-state index contributed by atoms with van der Waals surface area (Å²) in [4.78, 5) is 13.9. The van der Waals surface area contributed by atoms with Gasteiger partial charge in [0, 0.05) is 12.2 Å². The van der Waals surface area contributed by atoms with Gasteiger partial charge < -0.3 is 26.6 Å². The summed E-state index contributed by atoms with van der Waals surface area (Å²) in [6.45, 7) is 0.691. The number of hydrogen-bond donors (Lipinski definition) is 2. The van der Waals surface area contributed by atoms with E-state index < -0.39 is 0 Å². The van der Waals surface area contributed by atoms with Crippen molar-refractivity contribution >= 4 is 28.5 Å². The predicted octanol–water partition coefficient (Wildman–Crippen LogP) is -3.39. The summed E-state index contributed by atoms with van der Waals surface area (Å²) in [5, 5.41) is 5.50. The molecule has 104 valence electrons. The maximum absolute atomic E-state index is 12.1. The van der Waals surface area contributed by atoms with Gasteiger partial charge in [-0.1, -0.05) is 0 Å². The van der Waals surface area contributed by atoms with Gasteiger partial charge in [-0.2, -0.15) is 0 Å². The van der Waals surface area contributed by atoms with E-state index in [4.69, 9.17) is 15.9 Å². The third-order valence-electron chi connectivity index (χ3n) is 2.82. The van der Waals surface area contributed by atoms with Crippen molar-refractivity contribution in [1.29, 1.82) is 0 Å². The zero-order valence-electron chi connectivity index (χ0n) is 10.5. The number of amidine groups is 1. The molecule has 5 nitrogen and oxygen atoms in total. The number of anilines is 1. The Hall–Kier alpha value is -1.21. The first-order chi connectivity index (χ1) is 8.61. The van der Waals surface area contributed by atoms with Crippen LogP contribution in [0.2, 0.25) is 0 Å². The topological polar surface area (TPSA) is 81.2 Å². The van der Waals surface area contributed by atoms with Crippen molar-refractivity contribution in [1.82, 2.24) is 0 Å². The molecular weight excluding hydrogens is 330 g/mol. The molecule has 4 N–H and O–H groups in total. The Morgan fingerprint density at radius 1 is 1.47 bits per heavy atom. The number of benzene rings is 1. The molecule has 1 amide bonds. The van der Waals surface area contributed by atoms with Crippen LogP contribution in [0.25, 0.3) is 0 Å². The van der Waals surface area contributed by atoms with Gasteiger partial charge in [0.2, 0.25) is 5.91 Å². The Morgan fingerprint density at radius 3 is 2.63 bits per heavy atom. The smallest absolute Gasteiger partial charge is 0.300 e. The largest absolute Gasteiger partial charge is 1.00 e. The minimum Gasteiger partial charge on any atom is -1.00 e. The third-order valence-corrected chi connectivity index (χ3v) is 3.81. The molecular formula is C12H16BrN3O2S. The lowest BCUT2D eigenvalue weighted by atomic mass is 10.3. The highest BCUT2D eigenvalue weighted by atomic mass is 79.9. The van der Waals surface area contributed by atoms with Crippen LogP contribution < -0.4 is 37.8 Å². The molecule has 0 saturated carbocycles. The molecule has 7 heteroatoms. The van der Waals surface area contributed by atoms with Crippen LogP contribution in [0.1, 0.15) is 6.42 Å². The first-order valence-corrected chi connectivity index (χ1v) is 6.50. The molecule has 1 aromatic rings. The van der Waals surface area contributed by atoms with Crippen LogP contribution in [0.4, 0.5) is 5.69 Å². The standard InChI is InChI=1S/C12H15N3O2S.BrH/c1-17-9-4-2-8(3-5-9)15-7-6-10(11(15)16)18-12(13)14;/h2-5,10H,6-7H2,1H3,(H3,13,14);1H. The van der Waals surface area contributed by atoms with Crippen molar-refractivity contribution in [3.63, 3.8) is 0 Å². The number of ether oxygens (including phenoxy) is 1. The molecule has 1 aliphatic rings. The molecule has 0 radical (unpaired) electrons.